The first kappa shape index (κ1) is 12.0. The van der Waals surface area contributed by atoms with Gasteiger partial charge in [-0.1, -0.05) is 0 Å². The van der Waals surface area contributed by atoms with Crippen LogP contribution in [-0.4, -0.2) is 44.7 Å². The fourth-order valence-electron chi connectivity index (χ4n) is 0.581. The summed E-state index contributed by atoms with van der Waals surface area (Å²) in [6.45, 7) is -0.931. The Kier molecular flexibility index (Phi) is 3.18. The fraction of sp³-hybridized carbons (Fsp3) is 0.500. The van der Waals surface area contributed by atoms with E-state index in [0.717, 1.165) is 7.05 Å². The van der Waals surface area contributed by atoms with Gasteiger partial charge in [-0.25, -0.2) is 14.8 Å². The van der Waals surface area contributed by atoms with Gasteiger partial charge in [0.25, 0.3) is 5.96 Å². The van der Waals surface area contributed by atoms with E-state index in [1.54, 1.807) is 0 Å². The molecule has 1 unspecified atom stereocenters. The molecule has 6 N–H and O–H groups in total. The zero-order chi connectivity index (χ0) is 10.9. The molecule has 0 spiro atoms. The number of guanidine groups is 1. The zero-order valence-corrected chi connectivity index (χ0v) is 7.73. The molecule has 0 aromatic rings. The van der Waals surface area contributed by atoms with E-state index in [9.17, 15) is 9.36 Å². The van der Waals surface area contributed by atoms with E-state index >= 15 is 0 Å². The van der Waals surface area contributed by atoms with Crippen molar-refractivity contribution in [3.05, 3.63) is 0 Å². The number of carboxylic acid groups (broad SMARTS) is 1. The second kappa shape index (κ2) is 3.43. The molecular weight excluding hydrogens is 201 g/mol. The number of nitrogens with two attached hydrogens (primary N) is 1. The summed E-state index contributed by atoms with van der Waals surface area (Å²) in [4.78, 5) is 27.8. The van der Waals surface area contributed by atoms with Gasteiger partial charge < -0.3 is 10.8 Å². The van der Waals surface area contributed by atoms with Gasteiger partial charge in [0.15, 0.2) is 6.54 Å². The highest BCUT2D eigenvalue weighted by Crippen LogP contribution is 2.45. The second-order valence-corrected chi connectivity index (χ2v) is 4.50. The summed E-state index contributed by atoms with van der Waals surface area (Å²) in [6.07, 6.45) is 0. The van der Waals surface area contributed by atoms with E-state index < -0.39 is 30.5 Å². The molecule has 0 saturated carbocycles. The minimum atomic E-state index is -4.79. The lowest BCUT2D eigenvalue weighted by Crippen LogP contribution is -2.52. The third kappa shape index (κ3) is 2.49. The van der Waals surface area contributed by atoms with Gasteiger partial charge >= 0.3 is 13.7 Å². The molecular formula is C4H11N3O5P+. The molecule has 8 nitrogen and oxygen atoms in total. The lowest BCUT2D eigenvalue weighted by Gasteiger charge is -2.28. The number of nitrogens with one attached hydrogen (secondary N) is 1. The largest absolute Gasteiger partial charge is 0.534 e. The molecule has 0 aliphatic carbocycles. The first-order chi connectivity index (χ1) is 5.61. The Labute approximate surface area is 73.9 Å². The van der Waals surface area contributed by atoms with Gasteiger partial charge in [0.05, 0.1) is 7.05 Å². The number of likely N-dealkylation sites (N-methyl/N-ethyl adjacent to an activating group) is 1. The van der Waals surface area contributed by atoms with Crippen molar-refractivity contribution in [2.45, 2.75) is 0 Å². The molecule has 1 atom stereocenters. The van der Waals surface area contributed by atoms with Crippen LogP contribution in [0.3, 0.4) is 0 Å². The monoisotopic (exact) mass is 212 g/mol. The maximum atomic E-state index is 10.8. The van der Waals surface area contributed by atoms with Crippen LogP contribution in [0.1, 0.15) is 0 Å². The van der Waals surface area contributed by atoms with Crippen LogP contribution in [0, 0.1) is 5.41 Å². The maximum Gasteiger partial charge on any atom is 0.534 e. The van der Waals surface area contributed by atoms with Crippen LogP contribution in [0.5, 0.6) is 0 Å². The van der Waals surface area contributed by atoms with Crippen LogP contribution < -0.4 is 5.73 Å². The molecule has 0 amide bonds. The second-order valence-electron chi connectivity index (χ2n) is 2.59. The quantitative estimate of drug-likeness (QED) is 0.219. The van der Waals surface area contributed by atoms with Gasteiger partial charge in [-0.15, -0.1) is 0 Å². The molecule has 0 saturated heterocycles. The standard InChI is InChI=1S/C4H10N3O5P/c1-7(4(5)6,2-3(8)9)13(10,11)12/h2H2,1H3,(H5-,5,6,8,9,10,11,12)/p+1. The van der Waals surface area contributed by atoms with Crippen LogP contribution in [-0.2, 0) is 9.36 Å². The summed E-state index contributed by atoms with van der Waals surface area (Å²) in [5.74, 6) is -2.34. The molecule has 0 radical (unpaired) electrons. The molecule has 9 heteroatoms. The zero-order valence-electron chi connectivity index (χ0n) is 6.84. The lowest BCUT2D eigenvalue weighted by atomic mass is 10.6. The lowest BCUT2D eigenvalue weighted by molar-refractivity contribution is -0.700. The Bertz CT molecular complexity index is 286. The smallest absolute Gasteiger partial charge is 0.477 e. The Balaban J connectivity index is 5.09. The summed E-state index contributed by atoms with van der Waals surface area (Å²) in [6, 6.07) is 0. The van der Waals surface area contributed by atoms with Crippen LogP contribution in [0.25, 0.3) is 0 Å². The van der Waals surface area contributed by atoms with Crippen LogP contribution in [0.15, 0.2) is 0 Å². The first-order valence-corrected chi connectivity index (χ1v) is 4.65. The van der Waals surface area contributed by atoms with Crippen LogP contribution >= 0.6 is 7.75 Å². The Morgan fingerprint density at radius 1 is 1.62 bits per heavy atom. The Morgan fingerprint density at radius 3 is 2.08 bits per heavy atom. The number of carbonyl (C=O) groups is 1. The average molecular weight is 212 g/mol. The summed E-state index contributed by atoms with van der Waals surface area (Å²) in [7, 11) is -3.90. The molecule has 0 aliphatic rings. The van der Waals surface area contributed by atoms with Crippen molar-refractivity contribution in [3.63, 3.8) is 0 Å². The summed E-state index contributed by atoms with van der Waals surface area (Å²) in [5, 5.41) is 15.2. The topological polar surface area (TPSA) is 145 Å². The molecule has 0 rings (SSSR count). The van der Waals surface area contributed by atoms with E-state index in [4.69, 9.17) is 26.0 Å². The highest BCUT2D eigenvalue weighted by atomic mass is 31.2. The fourth-order valence-corrected chi connectivity index (χ4v) is 1.17. The van der Waals surface area contributed by atoms with Gasteiger partial charge in [-0.2, -0.15) is 4.25 Å². The average Bonchev–Trinajstić information content (AvgIpc) is 1.82. The number of hydrogen-bond acceptors (Lipinski definition) is 3. The van der Waals surface area contributed by atoms with Crippen molar-refractivity contribution in [1.29, 1.82) is 5.41 Å². The Hall–Kier alpha value is -0.950. The van der Waals surface area contributed by atoms with Crippen molar-refractivity contribution in [1.82, 2.24) is 0 Å². The van der Waals surface area contributed by atoms with Crippen molar-refractivity contribution >= 4 is 19.7 Å². The molecule has 0 aromatic heterocycles. The molecule has 0 bridgehead atoms. The molecule has 0 fully saturated rings. The Morgan fingerprint density at radius 2 is 2.00 bits per heavy atom. The number of carboxylic acids is 1. The number of rotatable bonds is 3. The summed E-state index contributed by atoms with van der Waals surface area (Å²) < 4.78 is 9.40. The van der Waals surface area contributed by atoms with Crippen LogP contribution in [0.4, 0.5) is 0 Å². The van der Waals surface area contributed by atoms with Gasteiger partial charge in [0, 0.05) is 0 Å². The minimum Gasteiger partial charge on any atom is -0.477 e. The molecule has 76 valence electrons. The normalized spacial score (nSPS) is 16.2. The molecule has 0 heterocycles. The molecule has 0 aliphatic heterocycles. The number of nitrogens with zero attached hydrogens (tertiary/aromatic N) is 1. The number of quaternary nitrogens is 1. The van der Waals surface area contributed by atoms with Crippen molar-refractivity contribution in [3.8, 4) is 0 Å². The highest BCUT2D eigenvalue weighted by Gasteiger charge is 2.47. The van der Waals surface area contributed by atoms with Gasteiger partial charge in [0.2, 0.25) is 0 Å². The predicted molar refractivity (Wildman–Crippen MR) is 42.6 cm³/mol. The number of aliphatic carboxylic acids is 1. The van der Waals surface area contributed by atoms with Gasteiger partial charge in [-0.3, -0.25) is 9.79 Å². The van der Waals surface area contributed by atoms with E-state index in [-0.39, 0.29) is 0 Å². The van der Waals surface area contributed by atoms with Gasteiger partial charge in [0.1, 0.15) is 0 Å². The third-order valence-corrected chi connectivity index (χ3v) is 3.04. The SMILES string of the molecule is C[N+](CC(=O)O)(C(=N)N)P(=O)(O)O. The van der Waals surface area contributed by atoms with Gasteiger partial charge in [-0.05, 0) is 0 Å². The van der Waals surface area contributed by atoms with E-state index in [1.165, 1.54) is 0 Å². The number of hydrogen-bond donors (Lipinski definition) is 5. The molecule has 0 aromatic carbocycles. The van der Waals surface area contributed by atoms with E-state index in [1.807, 2.05) is 0 Å². The first-order valence-electron chi connectivity index (χ1n) is 3.09. The third-order valence-electron chi connectivity index (χ3n) is 1.54. The van der Waals surface area contributed by atoms with Crippen molar-refractivity contribution < 1.29 is 28.5 Å². The maximum absolute atomic E-state index is 10.8. The predicted octanol–water partition coefficient (Wildman–Crippen LogP) is -1.50. The minimum absolute atomic E-state index is 0.886. The van der Waals surface area contributed by atoms with Crippen molar-refractivity contribution in [2.24, 2.45) is 5.73 Å². The van der Waals surface area contributed by atoms with E-state index in [0.29, 0.717) is 0 Å². The summed E-state index contributed by atoms with van der Waals surface area (Å²) >= 11 is 0. The van der Waals surface area contributed by atoms with Crippen molar-refractivity contribution in [2.75, 3.05) is 13.6 Å². The summed E-state index contributed by atoms with van der Waals surface area (Å²) in [5.41, 5.74) is 4.91. The molecule has 13 heavy (non-hydrogen) atoms. The van der Waals surface area contributed by atoms with E-state index in [2.05, 4.69) is 0 Å². The highest BCUT2D eigenvalue weighted by molar-refractivity contribution is 7.46. The van der Waals surface area contributed by atoms with Crippen LogP contribution in [0.2, 0.25) is 0 Å².